The largest absolute Gasteiger partial charge is 0.494 e. The molecular formula is C20H19BrN2O4S. The van der Waals surface area contributed by atoms with Crippen molar-refractivity contribution < 1.29 is 19.0 Å². The van der Waals surface area contributed by atoms with Crippen LogP contribution < -0.4 is 19.5 Å². The molecule has 1 saturated heterocycles. The van der Waals surface area contributed by atoms with Crippen molar-refractivity contribution in [3.8, 4) is 17.2 Å². The smallest absolute Gasteiger partial charge is 0.264 e. The normalized spacial score (nSPS) is 16.4. The van der Waals surface area contributed by atoms with Crippen LogP contribution in [0, 0.1) is 0 Å². The Kier molecular flexibility index (Phi) is 6.64. The van der Waals surface area contributed by atoms with Crippen molar-refractivity contribution >= 4 is 50.5 Å². The topological polar surface area (TPSA) is 69.2 Å². The first-order valence-electron chi connectivity index (χ1n) is 8.48. The number of amides is 1. The van der Waals surface area contributed by atoms with E-state index < -0.39 is 0 Å². The second-order valence-electron chi connectivity index (χ2n) is 5.64. The van der Waals surface area contributed by atoms with Crippen LogP contribution in [0.25, 0.3) is 6.08 Å². The summed E-state index contributed by atoms with van der Waals surface area (Å²) in [4.78, 5) is 17.4. The summed E-state index contributed by atoms with van der Waals surface area (Å²) in [5.41, 5.74) is 1.46. The van der Waals surface area contributed by atoms with Gasteiger partial charge in [0.05, 0.1) is 31.4 Å². The average molecular weight is 463 g/mol. The molecule has 0 atom stereocenters. The Hall–Kier alpha value is -2.45. The number of nitrogens with one attached hydrogen (secondary N) is 1. The fraction of sp³-hybridized carbons (Fsp3) is 0.200. The molecular weight excluding hydrogens is 444 g/mol. The van der Waals surface area contributed by atoms with Crippen molar-refractivity contribution in [1.29, 1.82) is 0 Å². The number of amidine groups is 1. The molecule has 2 aromatic rings. The second kappa shape index (κ2) is 9.16. The molecule has 0 saturated carbocycles. The Bertz CT molecular complexity index is 942. The van der Waals surface area contributed by atoms with Gasteiger partial charge in [-0.2, -0.15) is 0 Å². The zero-order chi connectivity index (χ0) is 20.1. The van der Waals surface area contributed by atoms with Crippen LogP contribution in [0.1, 0.15) is 12.5 Å². The van der Waals surface area contributed by atoms with E-state index in [2.05, 4.69) is 26.2 Å². The number of carbonyl (C=O) groups excluding carboxylic acids is 1. The van der Waals surface area contributed by atoms with Crippen LogP contribution >= 0.6 is 27.7 Å². The van der Waals surface area contributed by atoms with Crippen LogP contribution in [0.3, 0.4) is 0 Å². The van der Waals surface area contributed by atoms with Crippen LogP contribution in [-0.4, -0.2) is 31.9 Å². The van der Waals surface area contributed by atoms with Crippen molar-refractivity contribution in [2.24, 2.45) is 4.99 Å². The summed E-state index contributed by atoms with van der Waals surface area (Å²) < 4.78 is 17.0. The lowest BCUT2D eigenvalue weighted by Gasteiger charge is -2.11. The summed E-state index contributed by atoms with van der Waals surface area (Å²) >= 11 is 4.72. The van der Waals surface area contributed by atoms with Gasteiger partial charge in [0.1, 0.15) is 5.75 Å². The van der Waals surface area contributed by atoms with Crippen molar-refractivity contribution in [3.05, 3.63) is 51.3 Å². The van der Waals surface area contributed by atoms with Gasteiger partial charge in [0.2, 0.25) is 0 Å². The van der Waals surface area contributed by atoms with Gasteiger partial charge in [0.15, 0.2) is 16.7 Å². The van der Waals surface area contributed by atoms with Crippen LogP contribution in [0.4, 0.5) is 5.69 Å². The standard InChI is InChI=1S/C20H19BrN2O4S/c1-4-27-15-7-5-14(6-8-15)22-20-23-19(24)17(28-20)10-12-9-13(21)11-16(25-2)18(12)26-3/h5-11H,4H2,1-3H3,(H,22,23,24)/b17-10+. The fourth-order valence-corrected chi connectivity index (χ4v) is 3.88. The molecule has 6 nitrogen and oxygen atoms in total. The van der Waals surface area contributed by atoms with Gasteiger partial charge in [0, 0.05) is 10.0 Å². The number of methoxy groups -OCH3 is 2. The molecule has 0 bridgehead atoms. The molecule has 1 aliphatic heterocycles. The number of hydrogen-bond acceptors (Lipinski definition) is 6. The van der Waals surface area contributed by atoms with Gasteiger partial charge in [0.25, 0.3) is 5.91 Å². The lowest BCUT2D eigenvalue weighted by atomic mass is 10.1. The van der Waals surface area contributed by atoms with E-state index in [4.69, 9.17) is 14.2 Å². The number of thioether (sulfide) groups is 1. The molecule has 1 amide bonds. The molecule has 0 aromatic heterocycles. The van der Waals surface area contributed by atoms with E-state index in [1.165, 1.54) is 11.8 Å². The van der Waals surface area contributed by atoms with E-state index in [9.17, 15) is 4.79 Å². The first-order valence-corrected chi connectivity index (χ1v) is 10.1. The molecule has 1 aliphatic rings. The van der Waals surface area contributed by atoms with Crippen molar-refractivity contribution in [2.75, 3.05) is 20.8 Å². The molecule has 2 aromatic carbocycles. The Labute approximate surface area is 176 Å². The SMILES string of the molecule is CCOc1ccc(N=C2NC(=O)/C(=C\c3cc(Br)cc(OC)c3OC)S2)cc1. The minimum Gasteiger partial charge on any atom is -0.494 e. The minimum absolute atomic E-state index is 0.212. The Balaban J connectivity index is 1.86. The van der Waals surface area contributed by atoms with Crippen molar-refractivity contribution in [3.63, 3.8) is 0 Å². The molecule has 0 unspecified atom stereocenters. The highest BCUT2D eigenvalue weighted by Gasteiger charge is 2.25. The summed E-state index contributed by atoms with van der Waals surface area (Å²) in [7, 11) is 3.13. The number of nitrogens with zero attached hydrogens (tertiary/aromatic N) is 1. The maximum absolute atomic E-state index is 12.4. The van der Waals surface area contributed by atoms with Crippen LogP contribution in [0.15, 0.2) is 50.8 Å². The molecule has 1 N–H and O–H groups in total. The molecule has 0 radical (unpaired) electrons. The molecule has 28 heavy (non-hydrogen) atoms. The number of halogens is 1. The quantitative estimate of drug-likeness (QED) is 0.626. The van der Waals surface area contributed by atoms with E-state index in [1.54, 1.807) is 20.3 Å². The summed E-state index contributed by atoms with van der Waals surface area (Å²) in [6, 6.07) is 11.0. The fourth-order valence-electron chi connectivity index (χ4n) is 2.59. The number of hydrogen-bond donors (Lipinski definition) is 1. The molecule has 146 valence electrons. The minimum atomic E-state index is -0.212. The van der Waals surface area contributed by atoms with E-state index in [1.807, 2.05) is 43.3 Å². The zero-order valence-corrected chi connectivity index (χ0v) is 18.0. The highest BCUT2D eigenvalue weighted by molar-refractivity contribution is 9.10. The summed E-state index contributed by atoms with van der Waals surface area (Å²) in [6.07, 6.45) is 1.76. The first-order chi connectivity index (χ1) is 13.5. The number of ether oxygens (including phenoxy) is 3. The Morgan fingerprint density at radius 2 is 1.93 bits per heavy atom. The number of aliphatic imine (C=N–C) groups is 1. The highest BCUT2D eigenvalue weighted by Crippen LogP contribution is 2.38. The van der Waals surface area contributed by atoms with Gasteiger partial charge in [-0.1, -0.05) is 15.9 Å². The molecule has 3 rings (SSSR count). The van der Waals surface area contributed by atoms with Gasteiger partial charge in [-0.25, -0.2) is 4.99 Å². The lowest BCUT2D eigenvalue weighted by Crippen LogP contribution is -2.19. The second-order valence-corrected chi connectivity index (χ2v) is 7.59. The number of rotatable bonds is 6. The lowest BCUT2D eigenvalue weighted by molar-refractivity contribution is -0.115. The predicted octanol–water partition coefficient (Wildman–Crippen LogP) is 4.76. The van der Waals surface area contributed by atoms with Crippen LogP contribution in [0.2, 0.25) is 0 Å². The maximum Gasteiger partial charge on any atom is 0.264 e. The summed E-state index contributed by atoms with van der Waals surface area (Å²) in [6.45, 7) is 2.54. The third-order valence-electron chi connectivity index (χ3n) is 3.79. The van der Waals surface area contributed by atoms with Gasteiger partial charge < -0.3 is 19.5 Å². The van der Waals surface area contributed by atoms with E-state index in [0.29, 0.717) is 28.2 Å². The third kappa shape index (κ3) is 4.69. The zero-order valence-electron chi connectivity index (χ0n) is 15.6. The monoisotopic (exact) mass is 462 g/mol. The number of carbonyl (C=O) groups is 1. The van der Waals surface area contributed by atoms with E-state index in [-0.39, 0.29) is 5.91 Å². The summed E-state index contributed by atoms with van der Waals surface area (Å²) in [5.74, 6) is 1.71. The predicted molar refractivity (Wildman–Crippen MR) is 116 cm³/mol. The molecule has 0 spiro atoms. The maximum atomic E-state index is 12.4. The molecule has 8 heteroatoms. The molecule has 1 fully saturated rings. The number of benzene rings is 2. The van der Waals surface area contributed by atoms with E-state index in [0.717, 1.165) is 21.5 Å². The van der Waals surface area contributed by atoms with Crippen molar-refractivity contribution in [1.82, 2.24) is 5.32 Å². The van der Waals surface area contributed by atoms with Gasteiger partial charge in [-0.15, -0.1) is 0 Å². The van der Waals surface area contributed by atoms with Crippen molar-refractivity contribution in [2.45, 2.75) is 6.92 Å². The van der Waals surface area contributed by atoms with Crippen LogP contribution in [0.5, 0.6) is 17.2 Å². The molecule has 0 aliphatic carbocycles. The van der Waals surface area contributed by atoms with Gasteiger partial charge in [-0.05, 0) is 61.2 Å². The highest BCUT2D eigenvalue weighted by atomic mass is 79.9. The van der Waals surface area contributed by atoms with Gasteiger partial charge >= 0.3 is 0 Å². The average Bonchev–Trinajstić information content (AvgIpc) is 3.02. The third-order valence-corrected chi connectivity index (χ3v) is 5.16. The Morgan fingerprint density at radius 1 is 1.18 bits per heavy atom. The Morgan fingerprint density at radius 3 is 2.57 bits per heavy atom. The summed E-state index contributed by atoms with van der Waals surface area (Å²) in [5, 5.41) is 3.30. The van der Waals surface area contributed by atoms with Gasteiger partial charge in [-0.3, -0.25) is 4.79 Å². The molecule has 1 heterocycles. The van der Waals surface area contributed by atoms with E-state index >= 15 is 0 Å². The van der Waals surface area contributed by atoms with Crippen LogP contribution in [-0.2, 0) is 4.79 Å². The first kappa shape index (κ1) is 20.3.